The van der Waals surface area contributed by atoms with E-state index in [-0.39, 0.29) is 6.10 Å². The Morgan fingerprint density at radius 1 is 1.58 bits per heavy atom. The molecule has 0 aromatic heterocycles. The Bertz CT molecular complexity index is 301. The largest absolute Gasteiger partial charge is 0.487 e. The normalized spacial score (nSPS) is 20.7. The molecular formula is C9H10ClNO. The Morgan fingerprint density at radius 2 is 2.42 bits per heavy atom. The first-order valence-electron chi connectivity index (χ1n) is 3.96. The highest BCUT2D eigenvalue weighted by Crippen LogP contribution is 2.31. The fourth-order valence-corrected chi connectivity index (χ4v) is 1.43. The molecule has 0 saturated carbocycles. The van der Waals surface area contributed by atoms with Crippen molar-refractivity contribution in [2.45, 2.75) is 13.0 Å². The maximum absolute atomic E-state index is 5.82. The molecule has 0 aliphatic carbocycles. The van der Waals surface area contributed by atoms with Crippen LogP contribution in [0.25, 0.3) is 0 Å². The van der Waals surface area contributed by atoms with Gasteiger partial charge in [0.1, 0.15) is 11.9 Å². The van der Waals surface area contributed by atoms with Crippen LogP contribution in [0.4, 0.5) is 5.69 Å². The number of hydrogen-bond donors (Lipinski definition) is 1. The van der Waals surface area contributed by atoms with Gasteiger partial charge >= 0.3 is 0 Å². The standard InChI is InChI=1S/C9H10ClNO/c1-6-5-11-8-4-7(10)2-3-9(8)12-6/h2-4,6,11H,5H2,1H3. The van der Waals surface area contributed by atoms with E-state index in [1.54, 1.807) is 0 Å². The van der Waals surface area contributed by atoms with Crippen LogP contribution in [0, 0.1) is 0 Å². The van der Waals surface area contributed by atoms with E-state index >= 15 is 0 Å². The van der Waals surface area contributed by atoms with Crippen LogP contribution < -0.4 is 10.1 Å². The molecule has 0 saturated heterocycles. The molecule has 12 heavy (non-hydrogen) atoms. The molecule has 3 heteroatoms. The number of rotatable bonds is 0. The lowest BCUT2D eigenvalue weighted by atomic mass is 10.2. The lowest BCUT2D eigenvalue weighted by molar-refractivity contribution is 0.226. The molecular weight excluding hydrogens is 174 g/mol. The van der Waals surface area contributed by atoms with Crippen LogP contribution in [0.3, 0.4) is 0 Å². The summed E-state index contributed by atoms with van der Waals surface area (Å²) >= 11 is 5.82. The van der Waals surface area contributed by atoms with Gasteiger partial charge in [-0.15, -0.1) is 0 Å². The molecule has 0 fully saturated rings. The van der Waals surface area contributed by atoms with Crippen LogP contribution in [0.5, 0.6) is 5.75 Å². The topological polar surface area (TPSA) is 21.3 Å². The van der Waals surface area contributed by atoms with Crippen LogP contribution in [-0.2, 0) is 0 Å². The molecule has 1 heterocycles. The molecule has 0 amide bonds. The lowest BCUT2D eigenvalue weighted by Crippen LogP contribution is -2.27. The maximum Gasteiger partial charge on any atom is 0.142 e. The summed E-state index contributed by atoms with van der Waals surface area (Å²) < 4.78 is 5.57. The summed E-state index contributed by atoms with van der Waals surface area (Å²) in [4.78, 5) is 0. The van der Waals surface area contributed by atoms with Crippen molar-refractivity contribution >= 4 is 17.3 Å². The Balaban J connectivity index is 2.37. The fourth-order valence-electron chi connectivity index (χ4n) is 1.26. The van der Waals surface area contributed by atoms with Crippen LogP contribution in [0.15, 0.2) is 18.2 Å². The molecule has 1 aromatic carbocycles. The molecule has 0 spiro atoms. The lowest BCUT2D eigenvalue weighted by Gasteiger charge is -2.24. The Kier molecular flexibility index (Phi) is 1.85. The predicted octanol–water partition coefficient (Wildman–Crippen LogP) is 2.53. The van der Waals surface area contributed by atoms with Gasteiger partial charge in [-0.2, -0.15) is 0 Å². The monoisotopic (exact) mass is 183 g/mol. The zero-order valence-electron chi connectivity index (χ0n) is 6.80. The van der Waals surface area contributed by atoms with Crippen molar-refractivity contribution in [2.75, 3.05) is 11.9 Å². The van der Waals surface area contributed by atoms with Crippen molar-refractivity contribution in [1.29, 1.82) is 0 Å². The van der Waals surface area contributed by atoms with Gasteiger partial charge in [0.15, 0.2) is 0 Å². The van der Waals surface area contributed by atoms with Gasteiger partial charge in [-0.05, 0) is 25.1 Å². The van der Waals surface area contributed by atoms with Gasteiger partial charge in [0.2, 0.25) is 0 Å². The third-order valence-electron chi connectivity index (χ3n) is 1.85. The van der Waals surface area contributed by atoms with E-state index in [9.17, 15) is 0 Å². The highest BCUT2D eigenvalue weighted by molar-refractivity contribution is 6.30. The van der Waals surface area contributed by atoms with Crippen molar-refractivity contribution in [3.63, 3.8) is 0 Å². The Morgan fingerprint density at radius 3 is 3.25 bits per heavy atom. The second kappa shape index (κ2) is 2.87. The number of hydrogen-bond acceptors (Lipinski definition) is 2. The number of anilines is 1. The summed E-state index contributed by atoms with van der Waals surface area (Å²) in [5.41, 5.74) is 0.987. The third kappa shape index (κ3) is 1.34. The van der Waals surface area contributed by atoms with E-state index in [1.165, 1.54) is 0 Å². The summed E-state index contributed by atoms with van der Waals surface area (Å²) in [6.45, 7) is 2.87. The van der Waals surface area contributed by atoms with Crippen LogP contribution in [-0.4, -0.2) is 12.6 Å². The average Bonchev–Trinajstić information content (AvgIpc) is 2.05. The van der Waals surface area contributed by atoms with Crippen LogP contribution in [0.2, 0.25) is 5.02 Å². The van der Waals surface area contributed by atoms with Gasteiger partial charge in [-0.25, -0.2) is 0 Å². The molecule has 64 valence electrons. The number of fused-ring (bicyclic) bond motifs is 1. The van der Waals surface area contributed by atoms with Crippen molar-refractivity contribution in [3.8, 4) is 5.75 Å². The quantitative estimate of drug-likeness (QED) is 0.668. The highest BCUT2D eigenvalue weighted by Gasteiger charge is 2.14. The summed E-state index contributed by atoms with van der Waals surface area (Å²) in [5, 5.41) is 3.98. The Hall–Kier alpha value is -0.890. The Labute approximate surface area is 76.5 Å². The van der Waals surface area contributed by atoms with Gasteiger partial charge in [0.25, 0.3) is 0 Å². The zero-order valence-corrected chi connectivity index (χ0v) is 7.56. The van der Waals surface area contributed by atoms with Crippen molar-refractivity contribution in [2.24, 2.45) is 0 Å². The predicted molar refractivity (Wildman–Crippen MR) is 50.0 cm³/mol. The van der Waals surface area contributed by atoms with E-state index in [1.807, 2.05) is 25.1 Å². The number of ether oxygens (including phenoxy) is 1. The smallest absolute Gasteiger partial charge is 0.142 e. The molecule has 2 rings (SSSR count). The van der Waals surface area contributed by atoms with Gasteiger partial charge in [0, 0.05) is 5.02 Å². The first kappa shape index (κ1) is 7.74. The SMILES string of the molecule is CC1CNc2cc(Cl)ccc2O1. The van der Waals surface area contributed by atoms with Crippen molar-refractivity contribution in [1.82, 2.24) is 0 Å². The van der Waals surface area contributed by atoms with E-state index in [4.69, 9.17) is 16.3 Å². The molecule has 0 radical (unpaired) electrons. The van der Waals surface area contributed by atoms with Crippen molar-refractivity contribution < 1.29 is 4.74 Å². The van der Waals surface area contributed by atoms with Gasteiger partial charge in [0.05, 0.1) is 12.2 Å². The van der Waals surface area contributed by atoms with Crippen LogP contribution in [0.1, 0.15) is 6.92 Å². The fraction of sp³-hybridized carbons (Fsp3) is 0.333. The minimum atomic E-state index is 0.235. The molecule has 1 aliphatic rings. The first-order chi connectivity index (χ1) is 5.75. The van der Waals surface area contributed by atoms with E-state index in [0.717, 1.165) is 23.0 Å². The third-order valence-corrected chi connectivity index (χ3v) is 2.08. The maximum atomic E-state index is 5.82. The zero-order chi connectivity index (χ0) is 8.55. The first-order valence-corrected chi connectivity index (χ1v) is 4.33. The second-order valence-corrected chi connectivity index (χ2v) is 3.39. The van der Waals surface area contributed by atoms with Crippen molar-refractivity contribution in [3.05, 3.63) is 23.2 Å². The number of benzene rings is 1. The molecule has 1 aromatic rings. The number of halogens is 1. The molecule has 1 N–H and O–H groups in total. The molecule has 1 unspecified atom stereocenters. The summed E-state index contributed by atoms with van der Waals surface area (Å²) in [6.07, 6.45) is 0.235. The minimum Gasteiger partial charge on any atom is -0.487 e. The summed E-state index contributed by atoms with van der Waals surface area (Å²) in [7, 11) is 0. The molecule has 1 atom stereocenters. The summed E-state index contributed by atoms with van der Waals surface area (Å²) in [6, 6.07) is 5.60. The minimum absolute atomic E-state index is 0.235. The molecule has 2 nitrogen and oxygen atoms in total. The highest BCUT2D eigenvalue weighted by atomic mass is 35.5. The van der Waals surface area contributed by atoms with Gasteiger partial charge < -0.3 is 10.1 Å². The summed E-state index contributed by atoms with van der Waals surface area (Å²) in [5.74, 6) is 0.887. The molecule has 1 aliphatic heterocycles. The van der Waals surface area contributed by atoms with Crippen LogP contribution >= 0.6 is 11.6 Å². The van der Waals surface area contributed by atoms with E-state index in [0.29, 0.717) is 0 Å². The number of nitrogens with one attached hydrogen (secondary N) is 1. The van der Waals surface area contributed by atoms with Gasteiger partial charge in [-0.3, -0.25) is 0 Å². The second-order valence-electron chi connectivity index (χ2n) is 2.95. The van der Waals surface area contributed by atoms with Gasteiger partial charge in [-0.1, -0.05) is 11.6 Å². The van der Waals surface area contributed by atoms with E-state index < -0.39 is 0 Å². The average molecular weight is 184 g/mol. The molecule has 0 bridgehead atoms. The van der Waals surface area contributed by atoms with E-state index in [2.05, 4.69) is 5.32 Å².